The summed E-state index contributed by atoms with van der Waals surface area (Å²) >= 11 is 0. The zero-order valence-electron chi connectivity index (χ0n) is 17.2. The van der Waals surface area contributed by atoms with Gasteiger partial charge >= 0.3 is 0 Å². The number of hydrogen-bond donors (Lipinski definition) is 1. The first-order valence-corrected chi connectivity index (χ1v) is 10.0. The molecular formula is C23H29N3O2. The number of carbonyl (C=O) groups is 1. The second kappa shape index (κ2) is 8.91. The van der Waals surface area contributed by atoms with Gasteiger partial charge in [-0.1, -0.05) is 32.8 Å². The molecule has 0 aliphatic rings. The van der Waals surface area contributed by atoms with Crippen molar-refractivity contribution >= 4 is 17.4 Å². The molecule has 0 saturated carbocycles. The lowest BCUT2D eigenvalue weighted by atomic mass is 9.98. The number of aryl methyl sites for hydroxylation is 1. The molecule has 1 atom stereocenters. The smallest absolute Gasteiger partial charge is 0.228 e. The zero-order chi connectivity index (χ0) is 20.1. The number of ether oxygens (including phenoxy) is 1. The molecule has 5 heteroatoms. The van der Waals surface area contributed by atoms with E-state index in [-0.39, 0.29) is 11.8 Å². The predicted molar refractivity (Wildman–Crippen MR) is 114 cm³/mol. The Kier molecular flexibility index (Phi) is 6.34. The first-order chi connectivity index (χ1) is 13.6. The molecule has 2 aromatic heterocycles. The summed E-state index contributed by atoms with van der Waals surface area (Å²) in [6.45, 7) is 6.26. The third-order valence-corrected chi connectivity index (χ3v) is 5.14. The van der Waals surface area contributed by atoms with E-state index in [1.807, 2.05) is 53.9 Å². The zero-order valence-corrected chi connectivity index (χ0v) is 17.2. The van der Waals surface area contributed by atoms with Crippen LogP contribution in [0.3, 0.4) is 0 Å². The average molecular weight is 380 g/mol. The number of imidazole rings is 1. The number of aromatic nitrogens is 2. The highest BCUT2D eigenvalue weighted by Gasteiger charge is 2.21. The highest BCUT2D eigenvalue weighted by atomic mass is 16.5. The van der Waals surface area contributed by atoms with Gasteiger partial charge in [0.05, 0.1) is 7.11 Å². The first kappa shape index (κ1) is 19.9. The molecule has 0 aliphatic carbocycles. The van der Waals surface area contributed by atoms with Crippen LogP contribution in [0.25, 0.3) is 16.9 Å². The van der Waals surface area contributed by atoms with Crippen LogP contribution in [0.2, 0.25) is 0 Å². The summed E-state index contributed by atoms with van der Waals surface area (Å²) in [7, 11) is 1.65. The van der Waals surface area contributed by atoms with Gasteiger partial charge in [-0.25, -0.2) is 4.98 Å². The fourth-order valence-corrected chi connectivity index (χ4v) is 3.41. The number of carbonyl (C=O) groups excluding carboxylic acids is 1. The molecule has 0 unspecified atom stereocenters. The van der Waals surface area contributed by atoms with Crippen molar-refractivity contribution in [3.63, 3.8) is 0 Å². The first-order valence-electron chi connectivity index (χ1n) is 10.0. The summed E-state index contributed by atoms with van der Waals surface area (Å²) in [5.74, 6) is 1.59. The molecule has 0 bridgehead atoms. The van der Waals surface area contributed by atoms with Gasteiger partial charge in [-0.3, -0.25) is 9.20 Å². The van der Waals surface area contributed by atoms with E-state index in [4.69, 9.17) is 9.72 Å². The number of nitrogens with zero attached hydrogens (tertiary/aromatic N) is 2. The highest BCUT2D eigenvalue weighted by molar-refractivity contribution is 5.96. The van der Waals surface area contributed by atoms with Gasteiger partial charge in [-0.15, -0.1) is 0 Å². The van der Waals surface area contributed by atoms with Crippen LogP contribution in [-0.4, -0.2) is 22.4 Å². The van der Waals surface area contributed by atoms with Crippen molar-refractivity contribution < 1.29 is 9.53 Å². The van der Waals surface area contributed by atoms with Gasteiger partial charge in [-0.05, 0) is 55.7 Å². The Labute approximate surface area is 166 Å². The molecular weight excluding hydrogens is 350 g/mol. The molecule has 1 aromatic carbocycles. The summed E-state index contributed by atoms with van der Waals surface area (Å²) in [5, 5.41) is 3.18. The number of fused-ring (bicyclic) bond motifs is 1. The number of benzene rings is 1. The van der Waals surface area contributed by atoms with Crippen molar-refractivity contribution in [3.8, 4) is 17.0 Å². The summed E-state index contributed by atoms with van der Waals surface area (Å²) in [4.78, 5) is 17.8. The number of amides is 1. The standard InChI is InChI=1S/C23H29N3O2/c1-5-7-8-17(6-2)23(27)25-22-21(18-10-12-19(28-4)13-11-18)24-20-14-9-16(3)15-26(20)22/h9-15,17H,5-8H2,1-4H3,(H,25,27)/t17-/m1/s1. The number of unbranched alkanes of at least 4 members (excludes halogenated alkanes) is 1. The number of rotatable bonds is 8. The molecule has 2 heterocycles. The van der Waals surface area contributed by atoms with Crippen LogP contribution in [0, 0.1) is 12.8 Å². The largest absolute Gasteiger partial charge is 0.497 e. The molecule has 0 saturated heterocycles. The van der Waals surface area contributed by atoms with E-state index in [9.17, 15) is 4.79 Å². The lowest BCUT2D eigenvalue weighted by molar-refractivity contribution is -0.120. The second-order valence-corrected chi connectivity index (χ2v) is 7.21. The Morgan fingerprint density at radius 2 is 1.93 bits per heavy atom. The van der Waals surface area contributed by atoms with E-state index >= 15 is 0 Å². The van der Waals surface area contributed by atoms with E-state index in [0.717, 1.165) is 59.7 Å². The van der Waals surface area contributed by atoms with Crippen molar-refractivity contribution in [1.82, 2.24) is 9.38 Å². The molecule has 3 aromatic rings. The third kappa shape index (κ3) is 4.19. The minimum absolute atomic E-state index is 0.0130. The van der Waals surface area contributed by atoms with Gasteiger partial charge in [0, 0.05) is 17.7 Å². The number of hydrogen-bond acceptors (Lipinski definition) is 3. The molecule has 3 rings (SSSR count). The van der Waals surface area contributed by atoms with Crippen LogP contribution < -0.4 is 10.1 Å². The minimum atomic E-state index is 0.0130. The number of pyridine rings is 1. The molecule has 0 fully saturated rings. The van der Waals surface area contributed by atoms with Gasteiger partial charge in [-0.2, -0.15) is 0 Å². The lowest BCUT2D eigenvalue weighted by Gasteiger charge is -2.15. The monoisotopic (exact) mass is 379 g/mol. The maximum atomic E-state index is 13.0. The summed E-state index contributed by atoms with van der Waals surface area (Å²) in [5.41, 5.74) is 3.64. The average Bonchev–Trinajstić information content (AvgIpc) is 3.06. The topological polar surface area (TPSA) is 55.6 Å². The number of methoxy groups -OCH3 is 1. The van der Waals surface area contributed by atoms with Crippen molar-refractivity contribution in [2.24, 2.45) is 5.92 Å². The van der Waals surface area contributed by atoms with E-state index in [0.29, 0.717) is 0 Å². The van der Waals surface area contributed by atoms with E-state index in [1.165, 1.54) is 0 Å². The fraction of sp³-hybridized carbons (Fsp3) is 0.391. The third-order valence-electron chi connectivity index (χ3n) is 5.14. The molecule has 1 amide bonds. The molecule has 0 spiro atoms. The van der Waals surface area contributed by atoms with Gasteiger partial charge in [0.15, 0.2) is 0 Å². The van der Waals surface area contributed by atoms with Crippen molar-refractivity contribution in [2.75, 3.05) is 12.4 Å². The quantitative estimate of drug-likeness (QED) is 0.564. The Balaban J connectivity index is 2.02. The van der Waals surface area contributed by atoms with Gasteiger partial charge in [0.1, 0.15) is 22.9 Å². The van der Waals surface area contributed by atoms with Gasteiger partial charge < -0.3 is 10.1 Å². The summed E-state index contributed by atoms with van der Waals surface area (Å²) < 4.78 is 7.23. The second-order valence-electron chi connectivity index (χ2n) is 7.21. The maximum Gasteiger partial charge on any atom is 0.228 e. The molecule has 0 radical (unpaired) electrons. The van der Waals surface area contributed by atoms with Gasteiger partial charge in [0.25, 0.3) is 0 Å². The van der Waals surface area contributed by atoms with Crippen LogP contribution in [0.4, 0.5) is 5.82 Å². The van der Waals surface area contributed by atoms with Crippen molar-refractivity contribution in [1.29, 1.82) is 0 Å². The Bertz CT molecular complexity index is 944. The number of nitrogens with one attached hydrogen (secondary N) is 1. The highest BCUT2D eigenvalue weighted by Crippen LogP contribution is 2.31. The van der Waals surface area contributed by atoms with Crippen LogP contribution >= 0.6 is 0 Å². The molecule has 1 N–H and O–H groups in total. The Morgan fingerprint density at radius 3 is 2.57 bits per heavy atom. The van der Waals surface area contributed by atoms with E-state index < -0.39 is 0 Å². The maximum absolute atomic E-state index is 13.0. The van der Waals surface area contributed by atoms with Crippen molar-refractivity contribution in [3.05, 3.63) is 48.2 Å². The molecule has 0 aliphatic heterocycles. The molecule has 148 valence electrons. The molecule has 28 heavy (non-hydrogen) atoms. The summed E-state index contributed by atoms with van der Waals surface area (Å²) in [6.07, 6.45) is 5.91. The Hall–Kier alpha value is -2.82. The number of anilines is 1. The van der Waals surface area contributed by atoms with Crippen molar-refractivity contribution in [2.45, 2.75) is 46.5 Å². The lowest BCUT2D eigenvalue weighted by Crippen LogP contribution is -2.23. The SMILES string of the molecule is CCCC[C@@H](CC)C(=O)Nc1c(-c2ccc(OC)cc2)nc2ccc(C)cn12. The fourth-order valence-electron chi connectivity index (χ4n) is 3.41. The van der Waals surface area contributed by atoms with E-state index in [1.54, 1.807) is 7.11 Å². The van der Waals surface area contributed by atoms with Crippen LogP contribution in [0.1, 0.15) is 45.1 Å². The predicted octanol–water partition coefficient (Wildman–Crippen LogP) is 5.47. The molecule has 5 nitrogen and oxygen atoms in total. The van der Waals surface area contributed by atoms with E-state index in [2.05, 4.69) is 19.2 Å². The summed E-state index contributed by atoms with van der Waals surface area (Å²) in [6, 6.07) is 11.8. The van der Waals surface area contributed by atoms with Crippen LogP contribution in [-0.2, 0) is 4.79 Å². The normalized spacial score (nSPS) is 12.1. The van der Waals surface area contributed by atoms with Crippen LogP contribution in [0.15, 0.2) is 42.6 Å². The minimum Gasteiger partial charge on any atom is -0.497 e. The van der Waals surface area contributed by atoms with Crippen LogP contribution in [0.5, 0.6) is 5.75 Å². The Morgan fingerprint density at radius 1 is 1.18 bits per heavy atom. The van der Waals surface area contributed by atoms with Gasteiger partial charge in [0.2, 0.25) is 5.91 Å².